The Kier molecular flexibility index (Phi) is 6.13. The molecule has 7 heteroatoms. The minimum absolute atomic E-state index is 0.00468. The van der Waals surface area contributed by atoms with E-state index in [1.807, 2.05) is 0 Å². The fourth-order valence-corrected chi connectivity index (χ4v) is 3.28. The maximum absolute atomic E-state index is 13.3. The van der Waals surface area contributed by atoms with Gasteiger partial charge in [-0.2, -0.15) is 0 Å². The Bertz CT molecular complexity index is 802. The molecule has 27 heavy (non-hydrogen) atoms. The van der Waals surface area contributed by atoms with Gasteiger partial charge in [-0.15, -0.1) is 0 Å². The first kappa shape index (κ1) is 19.0. The first-order chi connectivity index (χ1) is 13.0. The number of halogens is 1. The summed E-state index contributed by atoms with van der Waals surface area (Å²) in [6.07, 6.45) is 4.73. The summed E-state index contributed by atoms with van der Waals surface area (Å²) in [4.78, 5) is 28.0. The molecule has 0 bridgehead atoms. The smallest absolute Gasteiger partial charge is 0.253 e. The minimum Gasteiger partial charge on any atom is -0.352 e. The third-order valence-electron chi connectivity index (χ3n) is 4.76. The Morgan fingerprint density at radius 2 is 1.78 bits per heavy atom. The molecular formula is C20H23FN4O2. The molecule has 0 aliphatic heterocycles. The van der Waals surface area contributed by atoms with Gasteiger partial charge in [0.2, 0.25) is 5.91 Å². The van der Waals surface area contributed by atoms with Gasteiger partial charge in [-0.05, 0) is 49.9 Å². The maximum atomic E-state index is 13.3. The summed E-state index contributed by atoms with van der Waals surface area (Å²) < 4.78 is 13.3. The van der Waals surface area contributed by atoms with E-state index >= 15 is 0 Å². The molecule has 1 aliphatic carbocycles. The molecule has 2 amide bonds. The van der Waals surface area contributed by atoms with Crippen molar-refractivity contribution in [3.8, 4) is 11.3 Å². The van der Waals surface area contributed by atoms with Crippen molar-refractivity contribution >= 4 is 11.8 Å². The fourth-order valence-electron chi connectivity index (χ4n) is 3.28. The number of carbonyl (C=O) groups is 2. The second-order valence-corrected chi connectivity index (χ2v) is 6.74. The highest BCUT2D eigenvalue weighted by molar-refractivity contribution is 5.94. The number of hydrogen-bond donors (Lipinski definition) is 3. The molecule has 6 nitrogen and oxygen atoms in total. The number of carbonyl (C=O) groups excluding carboxylic acids is 2. The molecule has 2 aromatic rings. The number of nitrogens with two attached hydrogens (primary N) is 1. The van der Waals surface area contributed by atoms with E-state index in [9.17, 15) is 14.0 Å². The van der Waals surface area contributed by atoms with Crippen LogP contribution in [0.15, 0.2) is 42.6 Å². The quantitative estimate of drug-likeness (QED) is 0.750. The van der Waals surface area contributed by atoms with Crippen molar-refractivity contribution in [2.45, 2.75) is 37.8 Å². The molecule has 1 aromatic heterocycles. The molecule has 1 fully saturated rings. The Balaban J connectivity index is 1.54. The molecule has 1 saturated carbocycles. The van der Waals surface area contributed by atoms with E-state index in [4.69, 9.17) is 5.73 Å². The standard InChI is InChI=1S/C20H23FN4O2/c21-15-3-1-2-13(10-15)18-9-4-14(12-23-18)20(27)25-17-7-5-16(6-8-17)24-19(26)11-22/h1-4,9-10,12,16-17H,5-8,11,22H2,(H,24,26)(H,25,27)/t16-,17-. The number of nitrogens with one attached hydrogen (secondary N) is 2. The van der Waals surface area contributed by atoms with E-state index in [0.717, 1.165) is 25.7 Å². The predicted octanol–water partition coefficient (Wildman–Crippen LogP) is 2.00. The Morgan fingerprint density at radius 3 is 2.37 bits per heavy atom. The lowest BCUT2D eigenvalue weighted by molar-refractivity contribution is -0.120. The summed E-state index contributed by atoms with van der Waals surface area (Å²) in [6.45, 7) is -0.00468. The van der Waals surface area contributed by atoms with E-state index < -0.39 is 0 Å². The molecule has 4 N–H and O–H groups in total. The van der Waals surface area contributed by atoms with Crippen molar-refractivity contribution in [2.24, 2.45) is 5.73 Å². The van der Waals surface area contributed by atoms with E-state index in [1.54, 1.807) is 24.3 Å². The predicted molar refractivity (Wildman–Crippen MR) is 100 cm³/mol. The monoisotopic (exact) mass is 370 g/mol. The lowest BCUT2D eigenvalue weighted by Gasteiger charge is -2.29. The lowest BCUT2D eigenvalue weighted by atomic mass is 9.91. The third-order valence-corrected chi connectivity index (χ3v) is 4.76. The average Bonchev–Trinajstić information content (AvgIpc) is 2.69. The van der Waals surface area contributed by atoms with Crippen LogP contribution in [0.5, 0.6) is 0 Å². The van der Waals surface area contributed by atoms with Gasteiger partial charge in [-0.3, -0.25) is 14.6 Å². The highest BCUT2D eigenvalue weighted by atomic mass is 19.1. The van der Waals surface area contributed by atoms with Crippen LogP contribution in [-0.2, 0) is 4.79 Å². The van der Waals surface area contributed by atoms with Gasteiger partial charge in [0, 0.05) is 23.8 Å². The Hall–Kier alpha value is -2.80. The summed E-state index contributed by atoms with van der Waals surface area (Å²) in [5, 5.41) is 5.90. The van der Waals surface area contributed by atoms with Crippen LogP contribution in [0.3, 0.4) is 0 Å². The van der Waals surface area contributed by atoms with Gasteiger partial charge in [0.15, 0.2) is 0 Å². The van der Waals surface area contributed by atoms with E-state index in [2.05, 4.69) is 15.6 Å². The molecule has 0 spiro atoms. The van der Waals surface area contributed by atoms with Crippen LogP contribution in [0.25, 0.3) is 11.3 Å². The third kappa shape index (κ3) is 5.10. The number of rotatable bonds is 5. The SMILES string of the molecule is NCC(=O)N[C@H]1CC[C@H](NC(=O)c2ccc(-c3cccc(F)c3)nc2)CC1. The van der Waals surface area contributed by atoms with Crippen LogP contribution in [0.1, 0.15) is 36.0 Å². The van der Waals surface area contributed by atoms with Gasteiger partial charge in [-0.25, -0.2) is 4.39 Å². The molecule has 1 heterocycles. The van der Waals surface area contributed by atoms with Crippen LogP contribution < -0.4 is 16.4 Å². The maximum Gasteiger partial charge on any atom is 0.253 e. The van der Waals surface area contributed by atoms with E-state index in [0.29, 0.717) is 16.8 Å². The van der Waals surface area contributed by atoms with Crippen molar-refractivity contribution in [1.29, 1.82) is 0 Å². The summed E-state index contributed by atoms with van der Waals surface area (Å²) in [5.41, 5.74) is 7.05. The fraction of sp³-hybridized carbons (Fsp3) is 0.350. The average molecular weight is 370 g/mol. The van der Waals surface area contributed by atoms with Crippen LogP contribution in [-0.4, -0.2) is 35.4 Å². The molecule has 0 radical (unpaired) electrons. The number of benzene rings is 1. The van der Waals surface area contributed by atoms with Crippen molar-refractivity contribution in [2.75, 3.05) is 6.54 Å². The minimum atomic E-state index is -0.325. The van der Waals surface area contributed by atoms with Crippen molar-refractivity contribution < 1.29 is 14.0 Å². The van der Waals surface area contributed by atoms with Crippen LogP contribution in [0.4, 0.5) is 4.39 Å². The van der Waals surface area contributed by atoms with Crippen LogP contribution in [0, 0.1) is 5.82 Å². The second-order valence-electron chi connectivity index (χ2n) is 6.74. The lowest BCUT2D eigenvalue weighted by Crippen LogP contribution is -2.45. The first-order valence-corrected chi connectivity index (χ1v) is 9.07. The number of nitrogens with zero attached hydrogens (tertiary/aromatic N) is 1. The normalized spacial score (nSPS) is 19.3. The molecule has 1 aliphatic rings. The van der Waals surface area contributed by atoms with Crippen molar-refractivity contribution in [3.63, 3.8) is 0 Å². The van der Waals surface area contributed by atoms with Gasteiger partial charge < -0.3 is 16.4 Å². The summed E-state index contributed by atoms with van der Waals surface area (Å²) in [6, 6.07) is 9.78. The number of amides is 2. The zero-order chi connectivity index (χ0) is 19.2. The second kappa shape index (κ2) is 8.73. The molecule has 1 aromatic carbocycles. The van der Waals surface area contributed by atoms with Crippen LogP contribution >= 0.6 is 0 Å². The first-order valence-electron chi connectivity index (χ1n) is 9.07. The zero-order valence-electron chi connectivity index (χ0n) is 15.0. The molecular weight excluding hydrogens is 347 g/mol. The molecule has 142 valence electrons. The summed E-state index contributed by atoms with van der Waals surface area (Å²) in [5.74, 6) is -0.649. The zero-order valence-corrected chi connectivity index (χ0v) is 15.0. The molecule has 0 saturated heterocycles. The van der Waals surface area contributed by atoms with E-state index in [-0.39, 0.29) is 36.3 Å². The van der Waals surface area contributed by atoms with Gasteiger partial charge in [0.25, 0.3) is 5.91 Å². The molecule has 3 rings (SSSR count). The number of aromatic nitrogens is 1. The van der Waals surface area contributed by atoms with E-state index in [1.165, 1.54) is 18.3 Å². The number of hydrogen-bond acceptors (Lipinski definition) is 4. The summed E-state index contributed by atoms with van der Waals surface area (Å²) in [7, 11) is 0. The van der Waals surface area contributed by atoms with Crippen molar-refractivity contribution in [1.82, 2.24) is 15.6 Å². The van der Waals surface area contributed by atoms with Crippen LogP contribution in [0.2, 0.25) is 0 Å². The Morgan fingerprint density at radius 1 is 1.07 bits per heavy atom. The largest absolute Gasteiger partial charge is 0.352 e. The number of pyridine rings is 1. The molecule has 0 atom stereocenters. The van der Waals surface area contributed by atoms with Gasteiger partial charge in [-0.1, -0.05) is 12.1 Å². The molecule has 0 unspecified atom stereocenters. The Labute approximate surface area is 157 Å². The van der Waals surface area contributed by atoms with Gasteiger partial charge in [0.1, 0.15) is 5.82 Å². The topological polar surface area (TPSA) is 97.1 Å². The van der Waals surface area contributed by atoms with Gasteiger partial charge in [0.05, 0.1) is 17.8 Å². The summed E-state index contributed by atoms with van der Waals surface area (Å²) >= 11 is 0. The van der Waals surface area contributed by atoms with Gasteiger partial charge >= 0.3 is 0 Å². The highest BCUT2D eigenvalue weighted by Crippen LogP contribution is 2.20. The highest BCUT2D eigenvalue weighted by Gasteiger charge is 2.23. The van der Waals surface area contributed by atoms with Crippen molar-refractivity contribution in [3.05, 3.63) is 54.0 Å².